The number of ether oxygens (including phenoxy) is 1. The maximum Gasteiger partial charge on any atom is 0.339 e. The molecule has 0 aromatic carbocycles. The highest BCUT2D eigenvalue weighted by Gasteiger charge is 2.28. The van der Waals surface area contributed by atoms with Crippen LogP contribution in [0.5, 0.6) is 0 Å². The summed E-state index contributed by atoms with van der Waals surface area (Å²) in [5.41, 5.74) is 0.0448. The van der Waals surface area contributed by atoms with Crippen molar-refractivity contribution < 1.29 is 23.8 Å². The second-order valence-corrected chi connectivity index (χ2v) is 4.55. The molecular formula is C13H17NO5. The summed E-state index contributed by atoms with van der Waals surface area (Å²) in [4.78, 5) is 23.0. The normalized spacial score (nSPS) is 22.4. The molecule has 1 amide bonds. The highest BCUT2D eigenvalue weighted by Crippen LogP contribution is 2.18. The van der Waals surface area contributed by atoms with Gasteiger partial charge in [-0.3, -0.25) is 4.79 Å². The lowest BCUT2D eigenvalue weighted by Gasteiger charge is -2.14. The molecule has 6 heteroatoms. The van der Waals surface area contributed by atoms with Crippen LogP contribution in [-0.4, -0.2) is 35.7 Å². The van der Waals surface area contributed by atoms with Gasteiger partial charge in [-0.2, -0.15) is 0 Å². The predicted molar refractivity (Wildman–Crippen MR) is 66.3 cm³/mol. The molecule has 6 nitrogen and oxygen atoms in total. The third-order valence-electron chi connectivity index (χ3n) is 3.28. The number of hydrogen-bond acceptors (Lipinski definition) is 4. The Morgan fingerprint density at radius 3 is 2.74 bits per heavy atom. The highest BCUT2D eigenvalue weighted by atomic mass is 16.5. The van der Waals surface area contributed by atoms with E-state index in [9.17, 15) is 9.59 Å². The van der Waals surface area contributed by atoms with Gasteiger partial charge >= 0.3 is 5.97 Å². The second kappa shape index (κ2) is 5.44. The van der Waals surface area contributed by atoms with Crippen LogP contribution < -0.4 is 5.32 Å². The minimum absolute atomic E-state index is 0.0355. The van der Waals surface area contributed by atoms with Crippen molar-refractivity contribution in [2.24, 2.45) is 0 Å². The molecule has 0 aliphatic carbocycles. The molecule has 2 rings (SSSR count). The third kappa shape index (κ3) is 2.78. The number of aromatic carboxylic acids is 1. The molecule has 0 saturated carbocycles. The number of carboxylic acids is 1. The number of aryl methyl sites for hydroxylation is 1. The van der Waals surface area contributed by atoms with Gasteiger partial charge in [0.05, 0.1) is 12.1 Å². The number of carbonyl (C=O) groups excluding carboxylic acids is 1. The molecule has 1 saturated heterocycles. The van der Waals surface area contributed by atoms with Crippen LogP contribution >= 0.6 is 0 Å². The first-order chi connectivity index (χ1) is 9.02. The first-order valence-electron chi connectivity index (χ1n) is 6.31. The fourth-order valence-electron chi connectivity index (χ4n) is 2.15. The molecule has 0 radical (unpaired) electrons. The van der Waals surface area contributed by atoms with E-state index < -0.39 is 11.9 Å². The number of rotatable bonds is 4. The third-order valence-corrected chi connectivity index (χ3v) is 3.28. The number of carbonyl (C=O) groups is 2. The molecule has 1 fully saturated rings. The zero-order valence-corrected chi connectivity index (χ0v) is 10.9. The van der Waals surface area contributed by atoms with E-state index in [1.54, 1.807) is 6.92 Å². The summed E-state index contributed by atoms with van der Waals surface area (Å²) in [5, 5.41) is 11.8. The van der Waals surface area contributed by atoms with E-state index in [-0.39, 0.29) is 23.5 Å². The monoisotopic (exact) mass is 267 g/mol. The SMILES string of the molecule is CCc1oc(C(=O)NC2CCOC2C)cc1C(=O)O. The quantitative estimate of drug-likeness (QED) is 0.861. The number of hydrogen-bond donors (Lipinski definition) is 2. The van der Waals surface area contributed by atoms with Crippen molar-refractivity contribution in [1.82, 2.24) is 5.32 Å². The molecule has 104 valence electrons. The Morgan fingerprint density at radius 2 is 2.26 bits per heavy atom. The average molecular weight is 267 g/mol. The molecule has 2 atom stereocenters. The molecule has 2 heterocycles. The number of carboxylic acid groups (broad SMARTS) is 1. The molecule has 1 aliphatic rings. The number of amides is 1. The molecule has 19 heavy (non-hydrogen) atoms. The minimum Gasteiger partial charge on any atom is -0.478 e. The van der Waals surface area contributed by atoms with Crippen LogP contribution in [0.15, 0.2) is 10.5 Å². The van der Waals surface area contributed by atoms with E-state index >= 15 is 0 Å². The van der Waals surface area contributed by atoms with Gasteiger partial charge in [-0.05, 0) is 13.3 Å². The van der Waals surface area contributed by atoms with Crippen LogP contribution in [0.1, 0.15) is 46.9 Å². The van der Waals surface area contributed by atoms with Crippen LogP contribution in [-0.2, 0) is 11.2 Å². The van der Waals surface area contributed by atoms with Crippen molar-refractivity contribution in [3.05, 3.63) is 23.2 Å². The van der Waals surface area contributed by atoms with Gasteiger partial charge in [-0.25, -0.2) is 4.79 Å². The Bertz CT molecular complexity index is 493. The molecule has 1 aliphatic heterocycles. The molecule has 2 N–H and O–H groups in total. The van der Waals surface area contributed by atoms with E-state index in [4.69, 9.17) is 14.3 Å². The van der Waals surface area contributed by atoms with E-state index in [1.165, 1.54) is 6.07 Å². The Morgan fingerprint density at radius 1 is 1.53 bits per heavy atom. The first-order valence-corrected chi connectivity index (χ1v) is 6.31. The Labute approximate surface area is 110 Å². The summed E-state index contributed by atoms with van der Waals surface area (Å²) in [6.07, 6.45) is 1.14. The lowest BCUT2D eigenvalue weighted by Crippen LogP contribution is -2.39. The van der Waals surface area contributed by atoms with E-state index in [0.29, 0.717) is 18.8 Å². The van der Waals surface area contributed by atoms with Gasteiger partial charge in [0.25, 0.3) is 5.91 Å². The average Bonchev–Trinajstić information content (AvgIpc) is 2.96. The minimum atomic E-state index is -1.09. The smallest absolute Gasteiger partial charge is 0.339 e. The van der Waals surface area contributed by atoms with Crippen molar-refractivity contribution in [3.63, 3.8) is 0 Å². The van der Waals surface area contributed by atoms with Crippen molar-refractivity contribution >= 4 is 11.9 Å². The van der Waals surface area contributed by atoms with Crippen LogP contribution in [0.4, 0.5) is 0 Å². The number of nitrogens with one attached hydrogen (secondary N) is 1. The van der Waals surface area contributed by atoms with Crippen LogP contribution in [0.25, 0.3) is 0 Å². The van der Waals surface area contributed by atoms with E-state index in [1.807, 2.05) is 6.92 Å². The fraction of sp³-hybridized carbons (Fsp3) is 0.538. The van der Waals surface area contributed by atoms with Crippen molar-refractivity contribution in [1.29, 1.82) is 0 Å². The second-order valence-electron chi connectivity index (χ2n) is 4.55. The van der Waals surface area contributed by atoms with Gasteiger partial charge in [0.15, 0.2) is 5.76 Å². The fourth-order valence-corrected chi connectivity index (χ4v) is 2.15. The summed E-state index contributed by atoms with van der Waals surface area (Å²) in [6.45, 7) is 4.28. The van der Waals surface area contributed by atoms with Crippen LogP contribution in [0, 0.1) is 0 Å². The van der Waals surface area contributed by atoms with Gasteiger partial charge < -0.3 is 19.6 Å². The summed E-state index contributed by atoms with van der Waals surface area (Å²) in [7, 11) is 0. The topological polar surface area (TPSA) is 88.8 Å². The van der Waals surface area contributed by atoms with Gasteiger partial charge in [0, 0.05) is 19.1 Å². The molecule has 0 spiro atoms. The summed E-state index contributed by atoms with van der Waals surface area (Å²) < 4.78 is 10.6. The molecule has 1 aromatic heterocycles. The summed E-state index contributed by atoms with van der Waals surface area (Å²) in [5.74, 6) is -1.14. The predicted octanol–water partition coefficient (Wildman–Crippen LogP) is 1.45. The van der Waals surface area contributed by atoms with Crippen molar-refractivity contribution in [3.8, 4) is 0 Å². The van der Waals surface area contributed by atoms with Crippen LogP contribution in [0.2, 0.25) is 0 Å². The van der Waals surface area contributed by atoms with Gasteiger partial charge in [-0.15, -0.1) is 0 Å². The highest BCUT2D eigenvalue weighted by molar-refractivity contribution is 5.96. The van der Waals surface area contributed by atoms with Gasteiger partial charge in [-0.1, -0.05) is 6.92 Å². The lowest BCUT2D eigenvalue weighted by atomic mass is 10.1. The summed E-state index contributed by atoms with van der Waals surface area (Å²) in [6, 6.07) is 1.22. The van der Waals surface area contributed by atoms with Gasteiger partial charge in [0.2, 0.25) is 0 Å². The largest absolute Gasteiger partial charge is 0.478 e. The Kier molecular flexibility index (Phi) is 3.90. The van der Waals surface area contributed by atoms with Crippen molar-refractivity contribution in [2.75, 3.05) is 6.61 Å². The Balaban J connectivity index is 2.13. The van der Waals surface area contributed by atoms with E-state index in [2.05, 4.69) is 5.32 Å². The lowest BCUT2D eigenvalue weighted by molar-refractivity contribution is 0.0694. The molecule has 0 bridgehead atoms. The molecular weight excluding hydrogens is 250 g/mol. The van der Waals surface area contributed by atoms with Crippen molar-refractivity contribution in [2.45, 2.75) is 38.8 Å². The maximum absolute atomic E-state index is 12.0. The zero-order valence-electron chi connectivity index (χ0n) is 10.9. The van der Waals surface area contributed by atoms with E-state index in [0.717, 1.165) is 6.42 Å². The summed E-state index contributed by atoms with van der Waals surface area (Å²) >= 11 is 0. The Hall–Kier alpha value is -1.82. The maximum atomic E-state index is 12.0. The van der Waals surface area contributed by atoms with Gasteiger partial charge in [0.1, 0.15) is 11.3 Å². The first kappa shape index (κ1) is 13.6. The molecule has 2 unspecified atom stereocenters. The van der Waals surface area contributed by atoms with Crippen LogP contribution in [0.3, 0.4) is 0 Å². The molecule has 1 aromatic rings. The zero-order chi connectivity index (χ0) is 14.0. The number of furan rings is 1. The standard InChI is InChI=1S/C13H17NO5/c1-3-10-8(13(16)17)6-11(19-10)12(15)14-9-4-5-18-7(9)2/h6-7,9H,3-5H2,1-2H3,(H,14,15)(H,16,17).